The molecule has 0 saturated heterocycles. The van der Waals surface area contributed by atoms with Crippen LogP contribution < -0.4 is 0 Å². The Kier molecular flexibility index (Phi) is 4.02. The summed E-state index contributed by atoms with van der Waals surface area (Å²) in [6, 6.07) is 13.3. The average molecular weight is 330 g/mol. The fourth-order valence-corrected chi connectivity index (χ4v) is 2.84. The predicted molar refractivity (Wildman–Crippen MR) is 76.9 cm³/mol. The molecule has 2 rings (SSSR count). The topological polar surface area (TPSA) is 17.1 Å². The van der Waals surface area contributed by atoms with E-state index in [2.05, 4.69) is 15.9 Å². The number of halogens is 2. The second-order valence-corrected chi connectivity index (χ2v) is 6.30. The van der Waals surface area contributed by atoms with Crippen LogP contribution in [0.25, 0.3) is 11.1 Å². The van der Waals surface area contributed by atoms with Gasteiger partial charge in [-0.05, 0) is 41.5 Å². The molecule has 2 aromatic carbocycles. The second kappa shape index (κ2) is 5.34. The summed E-state index contributed by atoms with van der Waals surface area (Å²) in [5.74, 6) is 0. The van der Waals surface area contributed by atoms with Crippen LogP contribution in [0.5, 0.6) is 0 Å². The first-order valence-electron chi connectivity index (χ1n) is 4.97. The monoisotopic (exact) mass is 328 g/mol. The van der Waals surface area contributed by atoms with Gasteiger partial charge in [0.05, 0.1) is 10.8 Å². The van der Waals surface area contributed by atoms with E-state index < -0.39 is 10.8 Å². The summed E-state index contributed by atoms with van der Waals surface area (Å²) < 4.78 is 12.7. The molecule has 0 aliphatic heterocycles. The normalized spacial score (nSPS) is 12.4. The maximum absolute atomic E-state index is 11.7. The lowest BCUT2D eigenvalue weighted by molar-refractivity contribution is 0.687. The van der Waals surface area contributed by atoms with Crippen molar-refractivity contribution in [3.05, 3.63) is 52.0 Å². The van der Waals surface area contributed by atoms with Crippen molar-refractivity contribution in [2.75, 3.05) is 6.26 Å². The van der Waals surface area contributed by atoms with Crippen LogP contribution in [-0.4, -0.2) is 10.5 Å². The lowest BCUT2D eigenvalue weighted by atomic mass is 10.1. The van der Waals surface area contributed by atoms with E-state index in [1.54, 1.807) is 6.26 Å². The van der Waals surface area contributed by atoms with Gasteiger partial charge in [-0.3, -0.25) is 4.21 Å². The van der Waals surface area contributed by atoms with E-state index in [1.807, 2.05) is 42.5 Å². The SMILES string of the molecule is CS(=O)c1ccc(Br)cc1-c1ccc(Cl)cc1. The van der Waals surface area contributed by atoms with Crippen LogP contribution in [-0.2, 0) is 10.8 Å². The molecule has 1 nitrogen and oxygen atoms in total. The van der Waals surface area contributed by atoms with Gasteiger partial charge in [-0.1, -0.05) is 39.7 Å². The van der Waals surface area contributed by atoms with Crippen molar-refractivity contribution in [1.82, 2.24) is 0 Å². The van der Waals surface area contributed by atoms with Gasteiger partial charge in [0.25, 0.3) is 0 Å². The number of benzene rings is 2. The van der Waals surface area contributed by atoms with E-state index >= 15 is 0 Å². The Hall–Kier alpha value is -0.640. The van der Waals surface area contributed by atoms with Crippen LogP contribution in [0.3, 0.4) is 0 Å². The van der Waals surface area contributed by atoms with Gasteiger partial charge < -0.3 is 0 Å². The summed E-state index contributed by atoms with van der Waals surface area (Å²) in [5, 5.41) is 0.697. The molecule has 0 radical (unpaired) electrons. The summed E-state index contributed by atoms with van der Waals surface area (Å²) in [4.78, 5) is 0.829. The molecule has 0 aliphatic rings. The van der Waals surface area contributed by atoms with Crippen molar-refractivity contribution < 1.29 is 4.21 Å². The largest absolute Gasteiger partial charge is 0.255 e. The Morgan fingerprint density at radius 2 is 1.76 bits per heavy atom. The minimum absolute atomic E-state index is 0.697. The molecular weight excluding hydrogens is 320 g/mol. The molecule has 4 heteroatoms. The molecule has 0 heterocycles. The maximum Gasteiger partial charge on any atom is 0.0504 e. The van der Waals surface area contributed by atoms with Crippen LogP contribution in [0.15, 0.2) is 51.8 Å². The van der Waals surface area contributed by atoms with Crippen molar-refractivity contribution in [1.29, 1.82) is 0 Å². The molecule has 88 valence electrons. The van der Waals surface area contributed by atoms with E-state index in [4.69, 9.17) is 11.6 Å². The molecule has 0 aromatic heterocycles. The number of rotatable bonds is 2. The summed E-state index contributed by atoms with van der Waals surface area (Å²) in [7, 11) is -1.01. The highest BCUT2D eigenvalue weighted by molar-refractivity contribution is 9.10. The van der Waals surface area contributed by atoms with Gasteiger partial charge >= 0.3 is 0 Å². The highest BCUT2D eigenvalue weighted by Gasteiger charge is 2.08. The zero-order valence-corrected chi connectivity index (χ0v) is 12.3. The van der Waals surface area contributed by atoms with Gasteiger partial charge in [-0.15, -0.1) is 0 Å². The molecular formula is C13H10BrClOS. The van der Waals surface area contributed by atoms with Gasteiger partial charge in [0, 0.05) is 20.6 Å². The third kappa shape index (κ3) is 2.97. The van der Waals surface area contributed by atoms with Crippen molar-refractivity contribution in [3.8, 4) is 11.1 Å². The first kappa shape index (κ1) is 12.8. The third-order valence-electron chi connectivity index (χ3n) is 2.41. The molecule has 1 atom stereocenters. The van der Waals surface area contributed by atoms with E-state index in [1.165, 1.54) is 0 Å². The molecule has 0 spiro atoms. The lowest BCUT2D eigenvalue weighted by Crippen LogP contribution is -1.92. The third-order valence-corrected chi connectivity index (χ3v) is 4.13. The zero-order valence-electron chi connectivity index (χ0n) is 9.11. The fraction of sp³-hybridized carbons (Fsp3) is 0.0769. The van der Waals surface area contributed by atoms with Crippen molar-refractivity contribution in [2.45, 2.75) is 4.90 Å². The summed E-state index contributed by atoms with van der Waals surface area (Å²) in [5.41, 5.74) is 1.98. The molecule has 0 aliphatic carbocycles. The Balaban J connectivity index is 2.60. The molecule has 0 bridgehead atoms. The van der Waals surface area contributed by atoms with Gasteiger partial charge in [-0.25, -0.2) is 0 Å². The average Bonchev–Trinajstić information content (AvgIpc) is 2.29. The smallest absolute Gasteiger partial charge is 0.0504 e. The molecule has 0 N–H and O–H groups in total. The zero-order chi connectivity index (χ0) is 12.4. The number of hydrogen-bond acceptors (Lipinski definition) is 1. The molecule has 17 heavy (non-hydrogen) atoms. The summed E-state index contributed by atoms with van der Waals surface area (Å²) in [6.45, 7) is 0. The highest BCUT2D eigenvalue weighted by atomic mass is 79.9. The Morgan fingerprint density at radius 3 is 2.35 bits per heavy atom. The quantitative estimate of drug-likeness (QED) is 0.792. The van der Waals surface area contributed by atoms with E-state index in [-0.39, 0.29) is 0 Å². The van der Waals surface area contributed by atoms with Crippen LogP contribution in [0.1, 0.15) is 0 Å². The van der Waals surface area contributed by atoms with Gasteiger partial charge in [0.15, 0.2) is 0 Å². The predicted octanol–water partition coefficient (Wildman–Crippen LogP) is 4.51. The van der Waals surface area contributed by atoms with Gasteiger partial charge in [0.1, 0.15) is 0 Å². The highest BCUT2D eigenvalue weighted by Crippen LogP contribution is 2.29. The Morgan fingerprint density at radius 1 is 1.12 bits per heavy atom. The van der Waals surface area contributed by atoms with Gasteiger partial charge in [-0.2, -0.15) is 0 Å². The molecule has 0 fully saturated rings. The first-order chi connectivity index (χ1) is 8.08. The van der Waals surface area contributed by atoms with Crippen molar-refractivity contribution in [2.24, 2.45) is 0 Å². The van der Waals surface area contributed by atoms with Crippen LogP contribution in [0, 0.1) is 0 Å². The van der Waals surface area contributed by atoms with Crippen LogP contribution in [0.2, 0.25) is 5.02 Å². The minimum atomic E-state index is -1.01. The summed E-state index contributed by atoms with van der Waals surface area (Å²) >= 11 is 9.30. The standard InChI is InChI=1S/C13H10BrClOS/c1-17(16)13-7-4-10(14)8-12(13)9-2-5-11(15)6-3-9/h2-8H,1H3. The van der Waals surface area contributed by atoms with Crippen molar-refractivity contribution in [3.63, 3.8) is 0 Å². The molecule has 0 saturated carbocycles. The van der Waals surface area contributed by atoms with Gasteiger partial charge in [0.2, 0.25) is 0 Å². The van der Waals surface area contributed by atoms with Crippen LogP contribution in [0.4, 0.5) is 0 Å². The number of hydrogen-bond donors (Lipinski definition) is 0. The summed E-state index contributed by atoms with van der Waals surface area (Å²) in [6.07, 6.45) is 1.68. The van der Waals surface area contributed by atoms with E-state index in [9.17, 15) is 4.21 Å². The van der Waals surface area contributed by atoms with Crippen LogP contribution >= 0.6 is 27.5 Å². The fourth-order valence-electron chi connectivity index (χ4n) is 1.61. The molecule has 0 amide bonds. The molecule has 2 aromatic rings. The van der Waals surface area contributed by atoms with Crippen molar-refractivity contribution >= 4 is 38.3 Å². The van der Waals surface area contributed by atoms with E-state index in [0.717, 1.165) is 20.5 Å². The van der Waals surface area contributed by atoms with E-state index in [0.29, 0.717) is 5.02 Å². The molecule has 1 unspecified atom stereocenters. The Labute approximate surface area is 116 Å². The second-order valence-electron chi connectivity index (χ2n) is 3.60. The minimum Gasteiger partial charge on any atom is -0.255 e. The first-order valence-corrected chi connectivity index (χ1v) is 7.70. The lowest BCUT2D eigenvalue weighted by Gasteiger charge is -2.08. The maximum atomic E-state index is 11.7. The Bertz CT molecular complexity index is 566.